The number of benzene rings is 1. The Labute approximate surface area is 118 Å². The Bertz CT molecular complexity index is 579. The van der Waals surface area contributed by atoms with Crippen molar-refractivity contribution in [2.24, 2.45) is 16.8 Å². The van der Waals surface area contributed by atoms with Crippen molar-refractivity contribution in [2.45, 2.75) is 25.9 Å². The van der Waals surface area contributed by atoms with E-state index in [9.17, 15) is 4.79 Å². The van der Waals surface area contributed by atoms with Crippen molar-refractivity contribution < 1.29 is 4.79 Å². The van der Waals surface area contributed by atoms with Crippen LogP contribution in [0.3, 0.4) is 0 Å². The van der Waals surface area contributed by atoms with Gasteiger partial charge in [-0.3, -0.25) is 14.7 Å². The molecule has 5 heteroatoms. The molecule has 20 heavy (non-hydrogen) atoms. The van der Waals surface area contributed by atoms with Crippen LogP contribution in [-0.4, -0.2) is 28.8 Å². The number of anilines is 1. The van der Waals surface area contributed by atoms with Crippen molar-refractivity contribution in [1.29, 1.82) is 0 Å². The molecule has 0 radical (unpaired) electrons. The molecule has 2 N–H and O–H groups in total. The molecule has 1 aromatic rings. The maximum absolute atomic E-state index is 12.8. The minimum atomic E-state index is -0.315. The van der Waals surface area contributed by atoms with Gasteiger partial charge in [0.25, 0.3) is 5.91 Å². The highest BCUT2D eigenvalue weighted by Crippen LogP contribution is 2.30. The van der Waals surface area contributed by atoms with Gasteiger partial charge in [-0.1, -0.05) is 31.2 Å². The summed E-state index contributed by atoms with van der Waals surface area (Å²) in [6.07, 6.45) is 3.86. The largest absolute Gasteiger partial charge is 0.322 e. The Kier molecular flexibility index (Phi) is 3.06. The highest BCUT2D eigenvalue weighted by molar-refractivity contribution is 6.21. The van der Waals surface area contributed by atoms with Gasteiger partial charge < -0.3 is 5.73 Å². The second-order valence-corrected chi connectivity index (χ2v) is 5.28. The van der Waals surface area contributed by atoms with E-state index < -0.39 is 0 Å². The molecule has 0 fully saturated rings. The van der Waals surface area contributed by atoms with Gasteiger partial charge in [0.15, 0.2) is 5.84 Å². The predicted molar refractivity (Wildman–Crippen MR) is 78.9 cm³/mol. The number of amidine groups is 1. The first-order valence-electron chi connectivity index (χ1n) is 6.79. The molecule has 3 rings (SSSR count). The third-order valence-corrected chi connectivity index (χ3v) is 3.67. The number of hydrogen-bond acceptors (Lipinski definition) is 4. The summed E-state index contributed by atoms with van der Waals surface area (Å²) in [6, 6.07) is 8.96. The highest BCUT2D eigenvalue weighted by Gasteiger charge is 2.42. The van der Waals surface area contributed by atoms with E-state index in [1.54, 1.807) is 9.91 Å². The van der Waals surface area contributed by atoms with Crippen LogP contribution in [0.15, 0.2) is 47.7 Å². The van der Waals surface area contributed by atoms with Crippen LogP contribution in [0.5, 0.6) is 0 Å². The molecular formula is C15H18N4O. The van der Waals surface area contributed by atoms with Crippen LogP contribution in [0.2, 0.25) is 0 Å². The number of rotatable bonds is 2. The lowest BCUT2D eigenvalue weighted by atomic mass is 10.0. The molecule has 2 heterocycles. The molecule has 2 aliphatic heterocycles. The van der Waals surface area contributed by atoms with E-state index in [2.05, 4.69) is 5.10 Å². The molecular weight excluding hydrogens is 252 g/mol. The second-order valence-electron chi connectivity index (χ2n) is 5.28. The fourth-order valence-corrected chi connectivity index (χ4v) is 2.64. The lowest BCUT2D eigenvalue weighted by molar-refractivity contribution is -0.123. The molecule has 0 aliphatic carbocycles. The van der Waals surface area contributed by atoms with Gasteiger partial charge in [0.2, 0.25) is 0 Å². The van der Waals surface area contributed by atoms with Gasteiger partial charge in [-0.2, -0.15) is 5.10 Å². The van der Waals surface area contributed by atoms with E-state index in [-0.39, 0.29) is 23.9 Å². The first-order valence-corrected chi connectivity index (χ1v) is 6.79. The van der Waals surface area contributed by atoms with Crippen molar-refractivity contribution in [2.75, 3.05) is 4.90 Å². The summed E-state index contributed by atoms with van der Waals surface area (Å²) in [4.78, 5) is 14.5. The number of nitrogens with two attached hydrogens (primary N) is 1. The SMILES string of the molecule is CC(N)C1=NN2C=CC(C)[C@H]2C(=O)N1c1ccccc1. The number of carbonyl (C=O) groups is 1. The second kappa shape index (κ2) is 4.76. The van der Waals surface area contributed by atoms with Gasteiger partial charge in [0.1, 0.15) is 6.04 Å². The monoisotopic (exact) mass is 270 g/mol. The van der Waals surface area contributed by atoms with E-state index in [0.717, 1.165) is 5.69 Å². The molecule has 0 bridgehead atoms. The normalized spacial score (nSPS) is 26.6. The molecule has 2 unspecified atom stereocenters. The number of hydrogen-bond donors (Lipinski definition) is 1. The average Bonchev–Trinajstić information content (AvgIpc) is 2.81. The van der Waals surface area contributed by atoms with Crippen molar-refractivity contribution in [3.05, 3.63) is 42.6 Å². The predicted octanol–water partition coefficient (Wildman–Crippen LogP) is 1.53. The van der Waals surface area contributed by atoms with Gasteiger partial charge in [-0.05, 0) is 19.1 Å². The van der Waals surface area contributed by atoms with Crippen LogP contribution in [0.4, 0.5) is 5.69 Å². The molecule has 104 valence electrons. The van der Waals surface area contributed by atoms with E-state index in [4.69, 9.17) is 5.73 Å². The zero-order valence-corrected chi connectivity index (χ0v) is 11.6. The maximum atomic E-state index is 12.8. The molecule has 1 amide bonds. The fraction of sp³-hybridized carbons (Fsp3) is 0.333. The van der Waals surface area contributed by atoms with Crippen LogP contribution >= 0.6 is 0 Å². The molecule has 2 aliphatic rings. The zero-order chi connectivity index (χ0) is 14.3. The Morgan fingerprint density at radius 2 is 2.00 bits per heavy atom. The molecule has 0 saturated carbocycles. The van der Waals surface area contributed by atoms with Crippen LogP contribution in [0, 0.1) is 5.92 Å². The lowest BCUT2D eigenvalue weighted by Crippen LogP contribution is -2.57. The summed E-state index contributed by atoms with van der Waals surface area (Å²) >= 11 is 0. The molecule has 1 aromatic carbocycles. The third-order valence-electron chi connectivity index (χ3n) is 3.67. The number of carbonyl (C=O) groups excluding carboxylic acids is 1. The first-order chi connectivity index (χ1) is 9.59. The van der Waals surface area contributed by atoms with Crippen LogP contribution in [-0.2, 0) is 4.79 Å². The van der Waals surface area contributed by atoms with Crippen LogP contribution < -0.4 is 10.6 Å². The van der Waals surface area contributed by atoms with Crippen LogP contribution in [0.1, 0.15) is 13.8 Å². The number of fused-ring (bicyclic) bond motifs is 1. The molecule has 0 spiro atoms. The maximum Gasteiger partial charge on any atom is 0.258 e. The van der Waals surface area contributed by atoms with E-state index in [1.807, 2.05) is 56.5 Å². The molecule has 5 nitrogen and oxygen atoms in total. The third kappa shape index (κ3) is 1.91. The molecule has 0 saturated heterocycles. The Morgan fingerprint density at radius 3 is 2.65 bits per heavy atom. The van der Waals surface area contributed by atoms with Gasteiger partial charge in [-0.25, -0.2) is 0 Å². The van der Waals surface area contributed by atoms with E-state index in [0.29, 0.717) is 5.84 Å². The quantitative estimate of drug-likeness (QED) is 0.886. The topological polar surface area (TPSA) is 61.9 Å². The first kappa shape index (κ1) is 12.9. The van der Waals surface area contributed by atoms with E-state index >= 15 is 0 Å². The minimum Gasteiger partial charge on any atom is -0.322 e. The Balaban J connectivity index is 2.07. The lowest BCUT2D eigenvalue weighted by Gasteiger charge is -2.37. The molecule has 0 aromatic heterocycles. The summed E-state index contributed by atoms with van der Waals surface area (Å²) in [6.45, 7) is 3.86. The van der Waals surface area contributed by atoms with Crippen molar-refractivity contribution in [1.82, 2.24) is 5.01 Å². The standard InChI is InChI=1S/C15H18N4O/c1-10-8-9-18-13(10)15(20)19(14(17-18)11(2)16)12-6-4-3-5-7-12/h3-11,13H,16H2,1-2H3/t10?,11?,13-/m0/s1. The highest BCUT2D eigenvalue weighted by atomic mass is 16.2. The summed E-state index contributed by atoms with van der Waals surface area (Å²) in [7, 11) is 0. The number of hydrazone groups is 1. The smallest absolute Gasteiger partial charge is 0.258 e. The summed E-state index contributed by atoms with van der Waals surface area (Å²) < 4.78 is 0. The van der Waals surface area contributed by atoms with Crippen LogP contribution in [0.25, 0.3) is 0 Å². The number of nitrogens with zero attached hydrogens (tertiary/aromatic N) is 3. The number of amides is 1. The molecule has 3 atom stereocenters. The fourth-order valence-electron chi connectivity index (χ4n) is 2.64. The van der Waals surface area contributed by atoms with Gasteiger partial charge in [0.05, 0.1) is 11.7 Å². The summed E-state index contributed by atoms with van der Waals surface area (Å²) in [5, 5.41) is 6.27. The summed E-state index contributed by atoms with van der Waals surface area (Å²) in [5.41, 5.74) is 6.81. The Morgan fingerprint density at radius 1 is 1.30 bits per heavy atom. The Hall–Kier alpha value is -2.14. The number of para-hydroxylation sites is 1. The van der Waals surface area contributed by atoms with E-state index in [1.165, 1.54) is 0 Å². The van der Waals surface area contributed by atoms with Gasteiger partial charge >= 0.3 is 0 Å². The van der Waals surface area contributed by atoms with Crippen molar-refractivity contribution in [3.8, 4) is 0 Å². The minimum absolute atomic E-state index is 0.0241. The zero-order valence-electron chi connectivity index (χ0n) is 11.6. The van der Waals surface area contributed by atoms with Crippen molar-refractivity contribution >= 4 is 17.4 Å². The summed E-state index contributed by atoms with van der Waals surface area (Å²) in [5.74, 6) is 0.749. The average molecular weight is 270 g/mol. The van der Waals surface area contributed by atoms with Gasteiger partial charge in [0, 0.05) is 12.1 Å². The van der Waals surface area contributed by atoms with Gasteiger partial charge in [-0.15, -0.1) is 0 Å². The van der Waals surface area contributed by atoms with Crippen molar-refractivity contribution in [3.63, 3.8) is 0 Å².